The molecule has 0 atom stereocenters. The second-order valence-electron chi connectivity index (χ2n) is 4.80. The number of benzene rings is 1. The number of methoxy groups -OCH3 is 1. The number of amides is 2. The number of anilines is 1. The quantitative estimate of drug-likeness (QED) is 0.590. The van der Waals surface area contributed by atoms with Gasteiger partial charge in [0.1, 0.15) is 6.42 Å². The summed E-state index contributed by atoms with van der Waals surface area (Å²) in [7, 11) is 1.61. The van der Waals surface area contributed by atoms with E-state index in [0.29, 0.717) is 13.2 Å². The Morgan fingerprint density at radius 1 is 1.10 bits per heavy atom. The van der Waals surface area contributed by atoms with Crippen LogP contribution < -0.4 is 10.6 Å². The Morgan fingerprint density at radius 2 is 1.75 bits per heavy atom. The summed E-state index contributed by atoms with van der Waals surface area (Å²) in [6.07, 6.45) is 0.570. The van der Waals surface area contributed by atoms with Gasteiger partial charge in [-0.3, -0.25) is 9.59 Å². The predicted octanol–water partition coefficient (Wildman–Crippen LogP) is 1.78. The molecule has 0 aromatic heterocycles. The summed E-state index contributed by atoms with van der Waals surface area (Å²) in [5.74, 6) is -0.581. The van der Waals surface area contributed by atoms with Crippen LogP contribution in [0, 0.1) is 13.8 Å². The van der Waals surface area contributed by atoms with Crippen LogP contribution in [0.1, 0.15) is 24.0 Å². The highest BCUT2D eigenvalue weighted by atomic mass is 16.5. The summed E-state index contributed by atoms with van der Waals surface area (Å²) in [6, 6.07) is 5.78. The normalized spacial score (nSPS) is 10.2. The first-order valence-electron chi connectivity index (χ1n) is 6.65. The lowest BCUT2D eigenvalue weighted by atomic mass is 10.1. The average Bonchev–Trinajstić information content (AvgIpc) is 2.33. The van der Waals surface area contributed by atoms with E-state index in [1.165, 1.54) is 0 Å². The molecule has 5 heteroatoms. The van der Waals surface area contributed by atoms with Crippen molar-refractivity contribution >= 4 is 17.5 Å². The summed E-state index contributed by atoms with van der Waals surface area (Å²) in [5, 5.41) is 5.41. The smallest absolute Gasteiger partial charge is 0.233 e. The number of carbonyl (C=O) groups excluding carboxylic acids is 2. The van der Waals surface area contributed by atoms with E-state index >= 15 is 0 Å². The van der Waals surface area contributed by atoms with Gasteiger partial charge in [-0.05, 0) is 43.5 Å². The van der Waals surface area contributed by atoms with Gasteiger partial charge in [-0.2, -0.15) is 0 Å². The SMILES string of the molecule is COCCCNC(=O)CC(=O)Nc1cc(C)cc(C)c1. The number of hydrogen-bond donors (Lipinski definition) is 2. The average molecular weight is 278 g/mol. The van der Waals surface area contributed by atoms with Crippen molar-refractivity contribution in [3.05, 3.63) is 29.3 Å². The fourth-order valence-corrected chi connectivity index (χ4v) is 1.90. The minimum absolute atomic E-state index is 0.167. The van der Waals surface area contributed by atoms with E-state index in [4.69, 9.17) is 4.74 Å². The molecule has 1 rings (SSSR count). The van der Waals surface area contributed by atoms with Crippen molar-refractivity contribution in [1.82, 2.24) is 5.32 Å². The number of nitrogens with one attached hydrogen (secondary N) is 2. The van der Waals surface area contributed by atoms with Crippen LogP contribution in [0.4, 0.5) is 5.69 Å². The van der Waals surface area contributed by atoms with Crippen molar-refractivity contribution in [3.8, 4) is 0 Å². The third-order valence-corrected chi connectivity index (χ3v) is 2.67. The van der Waals surface area contributed by atoms with Gasteiger partial charge in [-0.1, -0.05) is 6.07 Å². The van der Waals surface area contributed by atoms with Crippen LogP contribution in [0.25, 0.3) is 0 Å². The lowest BCUT2D eigenvalue weighted by Crippen LogP contribution is -2.29. The first-order valence-corrected chi connectivity index (χ1v) is 6.65. The highest BCUT2D eigenvalue weighted by Gasteiger charge is 2.09. The molecular formula is C15H22N2O3. The van der Waals surface area contributed by atoms with Crippen molar-refractivity contribution in [2.24, 2.45) is 0 Å². The van der Waals surface area contributed by atoms with Gasteiger partial charge in [0.15, 0.2) is 0 Å². The first-order chi connectivity index (χ1) is 9.51. The highest BCUT2D eigenvalue weighted by molar-refractivity contribution is 6.03. The monoisotopic (exact) mass is 278 g/mol. The minimum Gasteiger partial charge on any atom is -0.385 e. The summed E-state index contributed by atoms with van der Waals surface area (Å²) in [5.41, 5.74) is 2.87. The van der Waals surface area contributed by atoms with Crippen LogP contribution in [0.15, 0.2) is 18.2 Å². The minimum atomic E-state index is -0.306. The fourth-order valence-electron chi connectivity index (χ4n) is 1.90. The third-order valence-electron chi connectivity index (χ3n) is 2.67. The van der Waals surface area contributed by atoms with Gasteiger partial charge >= 0.3 is 0 Å². The van der Waals surface area contributed by atoms with Gasteiger partial charge in [0, 0.05) is 25.9 Å². The summed E-state index contributed by atoms with van der Waals surface area (Å²) < 4.78 is 4.88. The van der Waals surface area contributed by atoms with Gasteiger partial charge < -0.3 is 15.4 Å². The van der Waals surface area contributed by atoms with Gasteiger partial charge in [0.05, 0.1) is 0 Å². The Hall–Kier alpha value is -1.88. The molecule has 0 heterocycles. The van der Waals surface area contributed by atoms with E-state index in [9.17, 15) is 9.59 Å². The maximum absolute atomic E-state index is 11.7. The standard InChI is InChI=1S/C15H22N2O3/c1-11-7-12(2)9-13(8-11)17-15(19)10-14(18)16-5-4-6-20-3/h7-9H,4-6,10H2,1-3H3,(H,16,18)(H,17,19). The largest absolute Gasteiger partial charge is 0.385 e. The maximum Gasteiger partial charge on any atom is 0.233 e. The van der Waals surface area contributed by atoms with Crippen LogP contribution in [-0.4, -0.2) is 32.1 Å². The van der Waals surface area contributed by atoms with Crippen LogP contribution >= 0.6 is 0 Å². The van der Waals surface area contributed by atoms with Crippen molar-refractivity contribution in [2.45, 2.75) is 26.7 Å². The van der Waals surface area contributed by atoms with Crippen molar-refractivity contribution in [1.29, 1.82) is 0 Å². The Labute approximate surface area is 119 Å². The van der Waals surface area contributed by atoms with E-state index in [1.807, 2.05) is 32.0 Å². The molecule has 0 saturated carbocycles. The van der Waals surface area contributed by atoms with Gasteiger partial charge in [0.2, 0.25) is 11.8 Å². The molecule has 1 aromatic carbocycles. The van der Waals surface area contributed by atoms with E-state index in [0.717, 1.165) is 23.2 Å². The van der Waals surface area contributed by atoms with Gasteiger partial charge in [0.25, 0.3) is 0 Å². The van der Waals surface area contributed by atoms with E-state index in [2.05, 4.69) is 10.6 Å². The Balaban J connectivity index is 2.37. The zero-order valence-electron chi connectivity index (χ0n) is 12.3. The predicted molar refractivity (Wildman–Crippen MR) is 78.7 cm³/mol. The molecule has 0 fully saturated rings. The van der Waals surface area contributed by atoms with E-state index in [-0.39, 0.29) is 18.2 Å². The topological polar surface area (TPSA) is 67.4 Å². The van der Waals surface area contributed by atoms with Crippen LogP contribution in [0.5, 0.6) is 0 Å². The molecule has 0 aliphatic heterocycles. The Kier molecular flexibility index (Phi) is 6.73. The second-order valence-corrected chi connectivity index (χ2v) is 4.80. The summed E-state index contributed by atoms with van der Waals surface area (Å²) in [4.78, 5) is 23.3. The molecule has 0 aliphatic carbocycles. The van der Waals surface area contributed by atoms with Crippen LogP contribution in [0.3, 0.4) is 0 Å². The Morgan fingerprint density at radius 3 is 2.35 bits per heavy atom. The molecule has 5 nitrogen and oxygen atoms in total. The maximum atomic E-state index is 11.7. The zero-order valence-corrected chi connectivity index (χ0v) is 12.3. The summed E-state index contributed by atoms with van der Waals surface area (Å²) >= 11 is 0. The molecule has 2 N–H and O–H groups in total. The van der Waals surface area contributed by atoms with Crippen LogP contribution in [0.2, 0.25) is 0 Å². The number of hydrogen-bond acceptors (Lipinski definition) is 3. The van der Waals surface area contributed by atoms with E-state index in [1.54, 1.807) is 7.11 Å². The van der Waals surface area contributed by atoms with Gasteiger partial charge in [-0.15, -0.1) is 0 Å². The van der Waals surface area contributed by atoms with Crippen molar-refractivity contribution in [3.63, 3.8) is 0 Å². The van der Waals surface area contributed by atoms with Crippen molar-refractivity contribution in [2.75, 3.05) is 25.6 Å². The molecule has 20 heavy (non-hydrogen) atoms. The molecule has 0 saturated heterocycles. The number of rotatable bonds is 7. The molecule has 0 unspecified atom stereocenters. The Bertz CT molecular complexity index is 452. The first kappa shape index (κ1) is 16.2. The molecule has 2 amide bonds. The highest BCUT2D eigenvalue weighted by Crippen LogP contribution is 2.13. The van der Waals surface area contributed by atoms with Crippen molar-refractivity contribution < 1.29 is 14.3 Å². The van der Waals surface area contributed by atoms with Gasteiger partial charge in [-0.25, -0.2) is 0 Å². The lowest BCUT2D eigenvalue weighted by Gasteiger charge is -2.08. The zero-order chi connectivity index (χ0) is 15.0. The lowest BCUT2D eigenvalue weighted by molar-refractivity contribution is -0.126. The fraction of sp³-hybridized carbons (Fsp3) is 0.467. The van der Waals surface area contributed by atoms with E-state index < -0.39 is 0 Å². The molecule has 0 bridgehead atoms. The number of ether oxygens (including phenoxy) is 1. The molecule has 0 spiro atoms. The summed E-state index contributed by atoms with van der Waals surface area (Å²) in [6.45, 7) is 5.04. The molecule has 110 valence electrons. The third kappa shape index (κ3) is 6.33. The number of carbonyl (C=O) groups is 2. The molecule has 0 aliphatic rings. The number of aryl methyl sites for hydroxylation is 2. The molecule has 0 radical (unpaired) electrons. The molecule has 1 aromatic rings. The molecular weight excluding hydrogens is 256 g/mol. The second kappa shape index (κ2) is 8.32. The van der Waals surface area contributed by atoms with Crippen LogP contribution in [-0.2, 0) is 14.3 Å².